The van der Waals surface area contributed by atoms with E-state index < -0.39 is 0 Å². The molecule has 1 atom stereocenters. The molecule has 2 N–H and O–H groups in total. The number of hydrogen-bond donors (Lipinski definition) is 2. The second-order valence-corrected chi connectivity index (χ2v) is 8.58. The Morgan fingerprint density at radius 1 is 1.23 bits per heavy atom. The van der Waals surface area contributed by atoms with E-state index in [1.54, 1.807) is 7.05 Å². The lowest BCUT2D eigenvalue weighted by atomic mass is 10.1. The highest BCUT2D eigenvalue weighted by Crippen LogP contribution is 2.29. The molecule has 1 aliphatic heterocycles. The van der Waals surface area contributed by atoms with Crippen LogP contribution >= 0.6 is 24.0 Å². The Labute approximate surface area is 196 Å². The number of carbonyl (C=O) groups excluding carboxylic acids is 1. The molecule has 1 unspecified atom stereocenters. The third-order valence-corrected chi connectivity index (χ3v) is 6.19. The SMILES string of the molecule is CN=C(NCc1ccc(OCC2CC2)nc1)NC1CCN(C(=O)C2CCCC2)C1.I. The molecular weight excluding hydrogens is 493 g/mol. The Balaban J connectivity index is 0.00000256. The number of aromatic nitrogens is 1. The molecule has 1 saturated heterocycles. The smallest absolute Gasteiger partial charge is 0.225 e. The molecule has 3 fully saturated rings. The second kappa shape index (κ2) is 11.2. The van der Waals surface area contributed by atoms with Gasteiger partial charge in [-0.05, 0) is 43.6 Å². The van der Waals surface area contributed by atoms with Crippen LogP contribution in [0.4, 0.5) is 0 Å². The summed E-state index contributed by atoms with van der Waals surface area (Å²) in [6.07, 6.45) is 9.90. The third kappa shape index (κ3) is 6.46. The predicted octanol–water partition coefficient (Wildman–Crippen LogP) is 2.94. The summed E-state index contributed by atoms with van der Waals surface area (Å²) in [6, 6.07) is 4.22. The van der Waals surface area contributed by atoms with Gasteiger partial charge in [-0.15, -0.1) is 24.0 Å². The van der Waals surface area contributed by atoms with Crippen molar-refractivity contribution in [2.75, 3.05) is 26.7 Å². The first-order valence-corrected chi connectivity index (χ1v) is 11.0. The lowest BCUT2D eigenvalue weighted by Gasteiger charge is -2.21. The zero-order valence-corrected chi connectivity index (χ0v) is 20.1. The minimum Gasteiger partial charge on any atom is -0.477 e. The normalized spacial score (nSPS) is 22.0. The fraction of sp³-hybridized carbons (Fsp3) is 0.682. The van der Waals surface area contributed by atoms with Crippen LogP contribution in [-0.4, -0.2) is 54.5 Å². The molecule has 0 bridgehead atoms. The largest absolute Gasteiger partial charge is 0.477 e. The first-order valence-electron chi connectivity index (χ1n) is 11.0. The Bertz CT molecular complexity index is 717. The van der Waals surface area contributed by atoms with Crippen LogP contribution in [0.25, 0.3) is 0 Å². The number of nitrogens with zero attached hydrogens (tertiary/aromatic N) is 3. The Hall–Kier alpha value is -1.58. The van der Waals surface area contributed by atoms with Gasteiger partial charge in [0.15, 0.2) is 5.96 Å². The molecule has 2 saturated carbocycles. The Morgan fingerprint density at radius 3 is 2.70 bits per heavy atom. The summed E-state index contributed by atoms with van der Waals surface area (Å²) in [5.41, 5.74) is 1.08. The summed E-state index contributed by atoms with van der Waals surface area (Å²) in [5, 5.41) is 6.81. The Morgan fingerprint density at radius 2 is 2.03 bits per heavy atom. The van der Waals surface area contributed by atoms with E-state index in [0.29, 0.717) is 18.3 Å². The average molecular weight is 527 g/mol. The van der Waals surface area contributed by atoms with Crippen molar-refractivity contribution in [3.63, 3.8) is 0 Å². The maximum atomic E-state index is 12.6. The van der Waals surface area contributed by atoms with Gasteiger partial charge in [0.05, 0.1) is 6.61 Å². The van der Waals surface area contributed by atoms with Crippen LogP contribution in [0, 0.1) is 11.8 Å². The van der Waals surface area contributed by atoms with Crippen molar-refractivity contribution < 1.29 is 9.53 Å². The second-order valence-electron chi connectivity index (χ2n) is 8.58. The van der Waals surface area contributed by atoms with Gasteiger partial charge < -0.3 is 20.3 Å². The van der Waals surface area contributed by atoms with Gasteiger partial charge in [0.25, 0.3) is 0 Å². The summed E-state index contributed by atoms with van der Waals surface area (Å²) < 4.78 is 5.69. The summed E-state index contributed by atoms with van der Waals surface area (Å²) in [4.78, 5) is 23.4. The van der Waals surface area contributed by atoms with E-state index in [-0.39, 0.29) is 35.9 Å². The molecule has 4 rings (SSSR count). The van der Waals surface area contributed by atoms with Gasteiger partial charge in [0.2, 0.25) is 11.8 Å². The van der Waals surface area contributed by atoms with Crippen molar-refractivity contribution in [3.05, 3.63) is 23.9 Å². The fourth-order valence-corrected chi connectivity index (χ4v) is 4.17. The van der Waals surface area contributed by atoms with Crippen molar-refractivity contribution >= 4 is 35.8 Å². The monoisotopic (exact) mass is 527 g/mol. The number of nitrogens with one attached hydrogen (secondary N) is 2. The van der Waals surface area contributed by atoms with Crippen LogP contribution < -0.4 is 15.4 Å². The number of pyridine rings is 1. The van der Waals surface area contributed by atoms with Crippen molar-refractivity contribution in [2.45, 2.75) is 57.5 Å². The number of ether oxygens (including phenoxy) is 1. The first-order chi connectivity index (χ1) is 14.2. The number of rotatable bonds is 7. The molecule has 3 aliphatic rings. The van der Waals surface area contributed by atoms with Crippen molar-refractivity contribution in [2.24, 2.45) is 16.8 Å². The lowest BCUT2D eigenvalue weighted by molar-refractivity contribution is -0.134. The van der Waals surface area contributed by atoms with Gasteiger partial charge >= 0.3 is 0 Å². The molecule has 8 heteroatoms. The van der Waals surface area contributed by atoms with Crippen LogP contribution in [-0.2, 0) is 11.3 Å². The van der Waals surface area contributed by atoms with E-state index in [9.17, 15) is 4.79 Å². The average Bonchev–Trinajstić information content (AvgIpc) is 3.21. The molecule has 0 radical (unpaired) electrons. The third-order valence-electron chi connectivity index (χ3n) is 6.19. The number of amides is 1. The van der Waals surface area contributed by atoms with Crippen LogP contribution in [0.3, 0.4) is 0 Å². The Kier molecular flexibility index (Phi) is 8.59. The van der Waals surface area contributed by atoms with Crippen LogP contribution in [0.2, 0.25) is 0 Å². The van der Waals surface area contributed by atoms with E-state index in [2.05, 4.69) is 20.6 Å². The molecule has 7 nitrogen and oxygen atoms in total. The molecule has 30 heavy (non-hydrogen) atoms. The molecule has 166 valence electrons. The van der Waals surface area contributed by atoms with E-state index in [4.69, 9.17) is 4.74 Å². The maximum Gasteiger partial charge on any atom is 0.225 e. The topological polar surface area (TPSA) is 78.9 Å². The van der Waals surface area contributed by atoms with Crippen LogP contribution in [0.15, 0.2) is 23.3 Å². The minimum absolute atomic E-state index is 0. The predicted molar refractivity (Wildman–Crippen MR) is 128 cm³/mol. The van der Waals surface area contributed by atoms with Gasteiger partial charge in [-0.1, -0.05) is 18.9 Å². The van der Waals surface area contributed by atoms with Crippen LogP contribution in [0.1, 0.15) is 50.5 Å². The number of carbonyl (C=O) groups is 1. The minimum atomic E-state index is 0. The highest BCUT2D eigenvalue weighted by atomic mass is 127. The molecule has 0 spiro atoms. The number of guanidine groups is 1. The van der Waals surface area contributed by atoms with Crippen LogP contribution in [0.5, 0.6) is 5.88 Å². The fourth-order valence-electron chi connectivity index (χ4n) is 4.17. The van der Waals surface area contributed by atoms with Crippen molar-refractivity contribution in [1.82, 2.24) is 20.5 Å². The molecule has 2 aliphatic carbocycles. The molecular formula is C22H34IN5O2. The summed E-state index contributed by atoms with van der Waals surface area (Å²) in [6.45, 7) is 3.04. The maximum absolute atomic E-state index is 12.6. The van der Waals surface area contributed by atoms with Gasteiger partial charge in [0, 0.05) is 50.9 Å². The highest BCUT2D eigenvalue weighted by molar-refractivity contribution is 14.0. The van der Waals surface area contributed by atoms with Gasteiger partial charge in [-0.25, -0.2) is 4.98 Å². The highest BCUT2D eigenvalue weighted by Gasteiger charge is 2.32. The summed E-state index contributed by atoms with van der Waals surface area (Å²) in [7, 11) is 1.78. The van der Waals surface area contributed by atoms with Gasteiger partial charge in [-0.3, -0.25) is 9.79 Å². The van der Waals surface area contributed by atoms with Crippen molar-refractivity contribution in [1.29, 1.82) is 0 Å². The zero-order valence-electron chi connectivity index (χ0n) is 17.8. The molecule has 1 aromatic heterocycles. The van der Waals surface area contributed by atoms with Gasteiger partial charge in [0.1, 0.15) is 0 Å². The van der Waals surface area contributed by atoms with Gasteiger partial charge in [-0.2, -0.15) is 0 Å². The van der Waals surface area contributed by atoms with E-state index in [1.807, 2.05) is 23.2 Å². The molecule has 2 heterocycles. The number of likely N-dealkylation sites (tertiary alicyclic amines) is 1. The number of halogens is 1. The van der Waals surface area contributed by atoms with E-state index in [0.717, 1.165) is 56.4 Å². The number of aliphatic imine (C=N–C) groups is 1. The zero-order chi connectivity index (χ0) is 20.1. The lowest BCUT2D eigenvalue weighted by Crippen LogP contribution is -2.45. The summed E-state index contributed by atoms with van der Waals surface area (Å²) >= 11 is 0. The summed E-state index contributed by atoms with van der Waals surface area (Å²) in [5.74, 6) is 2.80. The molecule has 0 aromatic carbocycles. The molecule has 1 aromatic rings. The standard InChI is InChI=1S/C22H33N5O2.HI/c1-23-22(25-13-17-8-9-20(24-12-17)29-15-16-6-7-16)26-19-10-11-27(14-19)21(28)18-4-2-3-5-18;/h8-9,12,16,18-19H,2-7,10-11,13-15H2,1H3,(H2,23,25,26);1H. The molecule has 1 amide bonds. The number of hydrogen-bond acceptors (Lipinski definition) is 4. The van der Waals surface area contributed by atoms with Crippen molar-refractivity contribution in [3.8, 4) is 5.88 Å². The first kappa shape index (κ1) is 23.1. The van der Waals surface area contributed by atoms with E-state index >= 15 is 0 Å². The van der Waals surface area contributed by atoms with E-state index in [1.165, 1.54) is 25.7 Å². The quantitative estimate of drug-likeness (QED) is 0.324.